The van der Waals surface area contributed by atoms with Crippen molar-refractivity contribution in [2.45, 2.75) is 31.6 Å². The van der Waals surface area contributed by atoms with E-state index >= 15 is 0 Å². The summed E-state index contributed by atoms with van der Waals surface area (Å²) in [6.45, 7) is 3.86. The zero-order valence-electron chi connectivity index (χ0n) is 11.4. The van der Waals surface area contributed by atoms with E-state index in [0.717, 1.165) is 10.0 Å². The molecule has 112 valence electrons. The normalized spacial score (nSPS) is 13.2. The Balaban J connectivity index is 2.65. The van der Waals surface area contributed by atoms with Crippen molar-refractivity contribution in [3.8, 4) is 0 Å². The molecule has 0 heterocycles. The van der Waals surface area contributed by atoms with Crippen LogP contribution in [0.15, 0.2) is 27.6 Å². The van der Waals surface area contributed by atoms with Crippen molar-refractivity contribution in [1.82, 2.24) is 4.72 Å². The maximum atomic E-state index is 12.1. The van der Waals surface area contributed by atoms with Crippen LogP contribution >= 0.6 is 15.9 Å². The van der Waals surface area contributed by atoms with E-state index in [9.17, 15) is 13.2 Å². The third-order valence-electron chi connectivity index (χ3n) is 2.91. The molecule has 7 heteroatoms. The van der Waals surface area contributed by atoms with E-state index < -0.39 is 16.0 Å². The van der Waals surface area contributed by atoms with Gasteiger partial charge in [0.2, 0.25) is 10.0 Å². The van der Waals surface area contributed by atoms with Crippen LogP contribution in [-0.4, -0.2) is 26.0 Å². The molecule has 1 aromatic rings. The molecule has 1 atom stereocenters. The number of aliphatic carboxylic acids is 1. The second kappa shape index (κ2) is 7.19. The Morgan fingerprint density at radius 1 is 1.45 bits per heavy atom. The fourth-order valence-corrected chi connectivity index (χ4v) is 3.09. The topological polar surface area (TPSA) is 83.5 Å². The Labute approximate surface area is 127 Å². The van der Waals surface area contributed by atoms with E-state index in [0.29, 0.717) is 6.42 Å². The molecule has 0 aliphatic rings. The van der Waals surface area contributed by atoms with Crippen LogP contribution in [0.25, 0.3) is 0 Å². The molecule has 2 N–H and O–H groups in total. The lowest BCUT2D eigenvalue weighted by molar-refractivity contribution is -0.137. The van der Waals surface area contributed by atoms with Crippen LogP contribution in [0.4, 0.5) is 0 Å². The first-order valence-corrected chi connectivity index (χ1v) is 8.47. The van der Waals surface area contributed by atoms with Gasteiger partial charge in [0.1, 0.15) is 0 Å². The summed E-state index contributed by atoms with van der Waals surface area (Å²) in [6, 6.07) is 4.81. The molecular formula is C13H18BrNO4S. The van der Waals surface area contributed by atoms with Gasteiger partial charge >= 0.3 is 5.97 Å². The van der Waals surface area contributed by atoms with E-state index in [1.165, 1.54) is 6.07 Å². The van der Waals surface area contributed by atoms with Crippen LogP contribution < -0.4 is 4.72 Å². The molecule has 0 aliphatic heterocycles. The standard InChI is InChI=1S/C13H18BrNO4S/c1-9(3-6-13(16)17)8-15-20(18,19)11-4-5-12(14)10(2)7-11/h4-5,7,9,15H,3,6,8H2,1-2H3,(H,16,17). The van der Waals surface area contributed by atoms with Crippen LogP contribution in [0.5, 0.6) is 0 Å². The van der Waals surface area contributed by atoms with Gasteiger partial charge in [0.15, 0.2) is 0 Å². The van der Waals surface area contributed by atoms with Gasteiger partial charge in [0.05, 0.1) is 4.90 Å². The highest BCUT2D eigenvalue weighted by molar-refractivity contribution is 9.10. The number of sulfonamides is 1. The maximum absolute atomic E-state index is 12.1. The summed E-state index contributed by atoms with van der Waals surface area (Å²) >= 11 is 3.32. The molecule has 0 fully saturated rings. The first-order chi connectivity index (χ1) is 9.22. The molecule has 0 saturated heterocycles. The van der Waals surface area contributed by atoms with Gasteiger partial charge in [0.25, 0.3) is 0 Å². The number of carboxylic acids is 1. The smallest absolute Gasteiger partial charge is 0.303 e. The fraction of sp³-hybridized carbons (Fsp3) is 0.462. The number of hydrogen-bond donors (Lipinski definition) is 2. The van der Waals surface area contributed by atoms with Crippen LogP contribution in [0.3, 0.4) is 0 Å². The van der Waals surface area contributed by atoms with Gasteiger partial charge in [-0.05, 0) is 43.0 Å². The second-order valence-corrected chi connectivity index (χ2v) is 7.42. The molecule has 1 rings (SSSR count). The lowest BCUT2D eigenvalue weighted by Crippen LogP contribution is -2.28. The number of nitrogens with one attached hydrogen (secondary N) is 1. The molecule has 1 unspecified atom stereocenters. The van der Waals surface area contributed by atoms with Crippen molar-refractivity contribution in [3.63, 3.8) is 0 Å². The van der Waals surface area contributed by atoms with Gasteiger partial charge in [-0.15, -0.1) is 0 Å². The van der Waals surface area contributed by atoms with Crippen molar-refractivity contribution < 1.29 is 18.3 Å². The van der Waals surface area contributed by atoms with E-state index in [2.05, 4.69) is 20.7 Å². The van der Waals surface area contributed by atoms with Gasteiger partial charge in [-0.3, -0.25) is 4.79 Å². The molecule has 1 aromatic carbocycles. The van der Waals surface area contributed by atoms with Crippen molar-refractivity contribution in [3.05, 3.63) is 28.2 Å². The summed E-state index contributed by atoms with van der Waals surface area (Å²) in [5.41, 5.74) is 0.840. The van der Waals surface area contributed by atoms with Gasteiger partial charge in [-0.25, -0.2) is 13.1 Å². The average Bonchev–Trinajstić information content (AvgIpc) is 2.37. The molecule has 0 amide bonds. The third kappa shape index (κ3) is 5.22. The lowest BCUT2D eigenvalue weighted by atomic mass is 10.1. The van der Waals surface area contributed by atoms with Gasteiger partial charge in [0, 0.05) is 17.4 Å². The Bertz CT molecular complexity index is 586. The van der Waals surface area contributed by atoms with Crippen LogP contribution in [0, 0.1) is 12.8 Å². The predicted octanol–water partition coefficient (Wildman–Crippen LogP) is 2.54. The summed E-state index contributed by atoms with van der Waals surface area (Å²) in [5, 5.41) is 8.58. The SMILES string of the molecule is Cc1cc(S(=O)(=O)NCC(C)CCC(=O)O)ccc1Br. The Morgan fingerprint density at radius 3 is 2.65 bits per heavy atom. The molecule has 0 spiro atoms. The van der Waals surface area contributed by atoms with Gasteiger partial charge in [-0.1, -0.05) is 22.9 Å². The van der Waals surface area contributed by atoms with Gasteiger partial charge in [-0.2, -0.15) is 0 Å². The Kier molecular flexibility index (Phi) is 6.16. The number of rotatable bonds is 7. The van der Waals surface area contributed by atoms with E-state index in [1.54, 1.807) is 12.1 Å². The van der Waals surface area contributed by atoms with E-state index in [4.69, 9.17) is 5.11 Å². The molecule has 5 nitrogen and oxygen atoms in total. The Morgan fingerprint density at radius 2 is 2.10 bits per heavy atom. The minimum atomic E-state index is -3.55. The summed E-state index contributed by atoms with van der Waals surface area (Å²) in [4.78, 5) is 10.7. The van der Waals surface area contributed by atoms with Crippen LogP contribution in [0.1, 0.15) is 25.3 Å². The van der Waals surface area contributed by atoms with Crippen LogP contribution in [0.2, 0.25) is 0 Å². The highest BCUT2D eigenvalue weighted by Crippen LogP contribution is 2.20. The predicted molar refractivity (Wildman–Crippen MR) is 80.1 cm³/mol. The Hall–Kier alpha value is -0.920. The minimum Gasteiger partial charge on any atom is -0.481 e. The van der Waals surface area contributed by atoms with Crippen molar-refractivity contribution in [1.29, 1.82) is 0 Å². The molecule has 0 radical (unpaired) electrons. The number of aryl methyl sites for hydroxylation is 1. The zero-order valence-corrected chi connectivity index (χ0v) is 13.8. The van der Waals surface area contributed by atoms with Crippen molar-refractivity contribution >= 4 is 31.9 Å². The first kappa shape index (κ1) is 17.1. The second-order valence-electron chi connectivity index (χ2n) is 4.80. The lowest BCUT2D eigenvalue weighted by Gasteiger charge is -2.12. The average molecular weight is 364 g/mol. The number of carboxylic acid groups (broad SMARTS) is 1. The summed E-state index contributed by atoms with van der Waals surface area (Å²) in [6.07, 6.45) is 0.484. The fourth-order valence-electron chi connectivity index (χ4n) is 1.59. The minimum absolute atomic E-state index is 0.0302. The van der Waals surface area contributed by atoms with Crippen molar-refractivity contribution in [2.24, 2.45) is 5.92 Å². The summed E-state index contributed by atoms with van der Waals surface area (Å²) in [5.74, 6) is -0.902. The number of hydrogen-bond acceptors (Lipinski definition) is 3. The highest BCUT2D eigenvalue weighted by Gasteiger charge is 2.16. The van der Waals surface area contributed by atoms with Crippen LogP contribution in [-0.2, 0) is 14.8 Å². The molecule has 0 aromatic heterocycles. The van der Waals surface area contributed by atoms with E-state index in [-0.39, 0.29) is 23.8 Å². The maximum Gasteiger partial charge on any atom is 0.303 e. The molecule has 20 heavy (non-hydrogen) atoms. The van der Waals surface area contributed by atoms with Gasteiger partial charge < -0.3 is 5.11 Å². The molecule has 0 bridgehead atoms. The number of benzene rings is 1. The largest absolute Gasteiger partial charge is 0.481 e. The molecule has 0 aliphatic carbocycles. The zero-order chi connectivity index (χ0) is 15.3. The van der Waals surface area contributed by atoms with Crippen molar-refractivity contribution in [2.75, 3.05) is 6.54 Å². The van der Waals surface area contributed by atoms with E-state index in [1.807, 2.05) is 13.8 Å². The number of carbonyl (C=O) groups is 1. The third-order valence-corrected chi connectivity index (χ3v) is 5.22. The number of halogens is 1. The molecule has 0 saturated carbocycles. The molecular weight excluding hydrogens is 346 g/mol. The summed E-state index contributed by atoms with van der Waals surface area (Å²) in [7, 11) is -3.55. The summed E-state index contributed by atoms with van der Waals surface area (Å²) < 4.78 is 27.6. The monoisotopic (exact) mass is 363 g/mol. The first-order valence-electron chi connectivity index (χ1n) is 6.20. The highest BCUT2D eigenvalue weighted by atomic mass is 79.9. The quantitative estimate of drug-likeness (QED) is 0.779.